The van der Waals surface area contributed by atoms with Crippen molar-refractivity contribution in [3.05, 3.63) is 178 Å². The van der Waals surface area contributed by atoms with Gasteiger partial charge in [-0.2, -0.15) is 25.9 Å². The lowest BCUT2D eigenvalue weighted by atomic mass is 9.93. The number of aliphatic carboxylic acids is 1. The molecule has 380 valence electrons. The van der Waals surface area contributed by atoms with E-state index < -0.39 is 120 Å². The topological polar surface area (TPSA) is 303 Å². The van der Waals surface area contributed by atoms with Gasteiger partial charge in [-0.05, 0) is 34.4 Å². The fourth-order valence-electron chi connectivity index (χ4n) is 8.07. The molecule has 0 bridgehead atoms. The molecule has 2 saturated heterocycles. The molecule has 22 nitrogen and oxygen atoms in total. The Bertz CT molecular complexity index is 2880. The molecule has 5 aromatic rings. The molecule has 71 heavy (non-hydrogen) atoms. The first-order valence-corrected chi connectivity index (χ1v) is 25.9. The molecule has 0 unspecified atom stereocenters. The summed E-state index contributed by atoms with van der Waals surface area (Å²) in [7, 11) is -15.5. The molecule has 0 spiro atoms. The van der Waals surface area contributed by atoms with E-state index in [-0.39, 0.29) is 26.4 Å². The molecule has 0 radical (unpaired) electrons. The lowest BCUT2D eigenvalue weighted by Gasteiger charge is -2.50. The predicted molar refractivity (Wildman–Crippen MR) is 248 cm³/mol. The minimum Gasteiger partial charge on any atom is -0.480 e. The highest BCUT2D eigenvalue weighted by Crippen LogP contribution is 2.37. The van der Waals surface area contributed by atoms with Crippen molar-refractivity contribution < 1.29 is 81.8 Å². The maximum absolute atomic E-state index is 14.8. The molecule has 0 amide bonds. The SMILES string of the molecule is O=C(O)[C@H]1[C@@H](O[C@H]2O[C@H](COS(=O)(=O)O)[C@@H](OCc3ccccc3)[C@H](OCc3ccccc3)[C@H]2NS(=O)(=O)O)[C@H](OCc2ccccc2)[C@@H](OCc2ccccc2)CN1S(=O)(=O)c1ccc([N+](=O)[O-])cc1. The van der Waals surface area contributed by atoms with Gasteiger partial charge in [-0.25, -0.2) is 12.6 Å². The van der Waals surface area contributed by atoms with E-state index in [1.54, 1.807) is 121 Å². The molecular weight excluding hydrogens is 995 g/mol. The standard InChI is InChI=1S/C46H49N3O19S3/c50-45(51)40-44(41(63-27-32-15-7-2-8-16-32)37(62-26-31-13-5-1-6-14-31)25-48(40)69(54,55)36-23-21-35(22-24-36)49(52)53)68-46-39(47-70(56,57)58)43(65-29-34-19-11-4-12-20-34)42(38(67-46)30-66-71(59,60)61)64-28-33-17-9-3-10-18-33/h1-24,37-44,46-47H,25-30H2,(H,50,51)(H,56,57,58)(H,59,60,61)/t37-,38+,39+,40+,41+,42+,43+,44+,46+/m0/s1. The van der Waals surface area contributed by atoms with Crippen LogP contribution in [0.1, 0.15) is 22.3 Å². The Morgan fingerprint density at radius 1 is 0.648 bits per heavy atom. The summed E-state index contributed by atoms with van der Waals surface area (Å²) >= 11 is 0. The van der Waals surface area contributed by atoms with Gasteiger partial charge in [-0.1, -0.05) is 121 Å². The highest BCUT2D eigenvalue weighted by atomic mass is 32.3. The lowest BCUT2D eigenvalue weighted by Crippen LogP contribution is -2.71. The fourth-order valence-corrected chi connectivity index (χ4v) is 10.6. The first kappa shape index (κ1) is 53.2. The van der Waals surface area contributed by atoms with Crippen LogP contribution >= 0.6 is 0 Å². The van der Waals surface area contributed by atoms with Gasteiger partial charge in [0.15, 0.2) is 12.3 Å². The van der Waals surface area contributed by atoms with Crippen LogP contribution in [-0.2, 0) is 94.6 Å². The van der Waals surface area contributed by atoms with E-state index in [0.717, 1.165) is 24.3 Å². The normalized spacial score (nSPS) is 24.3. The van der Waals surface area contributed by atoms with Crippen LogP contribution in [0, 0.1) is 10.1 Å². The monoisotopic (exact) mass is 1040 g/mol. The summed E-state index contributed by atoms with van der Waals surface area (Å²) in [5.41, 5.74) is 1.81. The quantitative estimate of drug-likeness (QED) is 0.0407. The molecule has 9 atom stereocenters. The summed E-state index contributed by atoms with van der Waals surface area (Å²) in [6, 6.07) is 33.5. The Morgan fingerprint density at radius 2 is 1.10 bits per heavy atom. The van der Waals surface area contributed by atoms with Crippen LogP contribution in [0.2, 0.25) is 0 Å². The van der Waals surface area contributed by atoms with E-state index in [0.29, 0.717) is 26.6 Å². The third-order valence-corrected chi connectivity index (χ3v) is 14.2. The van der Waals surface area contributed by atoms with Crippen LogP contribution in [0.4, 0.5) is 5.69 Å². The van der Waals surface area contributed by atoms with Crippen molar-refractivity contribution in [3.8, 4) is 0 Å². The second-order valence-electron chi connectivity index (χ2n) is 16.2. The average molecular weight is 1040 g/mol. The molecule has 0 saturated carbocycles. The third-order valence-electron chi connectivity index (χ3n) is 11.3. The Labute approximate surface area is 409 Å². The smallest absolute Gasteiger partial charge is 0.397 e. The average Bonchev–Trinajstić information content (AvgIpc) is 3.34. The van der Waals surface area contributed by atoms with Crippen molar-refractivity contribution in [2.45, 2.75) is 86.3 Å². The van der Waals surface area contributed by atoms with E-state index >= 15 is 0 Å². The second-order valence-corrected chi connectivity index (χ2v) is 20.4. The van der Waals surface area contributed by atoms with Crippen LogP contribution < -0.4 is 4.72 Å². The highest BCUT2D eigenvalue weighted by molar-refractivity contribution is 7.89. The number of rotatable bonds is 23. The fraction of sp³-hybridized carbons (Fsp3) is 0.326. The summed E-state index contributed by atoms with van der Waals surface area (Å²) in [6.07, 6.45) is -12.2. The maximum Gasteiger partial charge on any atom is 0.397 e. The molecular formula is C46H49N3O19S3. The van der Waals surface area contributed by atoms with Gasteiger partial charge in [0.05, 0.1) is 42.9 Å². The van der Waals surface area contributed by atoms with Crippen LogP contribution in [0.3, 0.4) is 0 Å². The van der Waals surface area contributed by atoms with Gasteiger partial charge >= 0.3 is 26.7 Å². The first-order valence-electron chi connectivity index (χ1n) is 21.6. The molecule has 2 fully saturated rings. The molecule has 2 aliphatic heterocycles. The summed E-state index contributed by atoms with van der Waals surface area (Å²) in [5, 5.41) is 22.7. The molecule has 0 aliphatic carbocycles. The molecule has 7 rings (SSSR count). The minimum absolute atomic E-state index is 0.190. The van der Waals surface area contributed by atoms with Crippen molar-refractivity contribution in [1.29, 1.82) is 0 Å². The highest BCUT2D eigenvalue weighted by Gasteiger charge is 2.57. The van der Waals surface area contributed by atoms with E-state index in [9.17, 15) is 54.4 Å². The molecule has 2 heterocycles. The minimum atomic E-state index is -5.32. The Balaban J connectivity index is 1.38. The van der Waals surface area contributed by atoms with Crippen molar-refractivity contribution >= 4 is 42.4 Å². The first-order chi connectivity index (χ1) is 33.9. The van der Waals surface area contributed by atoms with Gasteiger partial charge in [-0.3, -0.25) is 24.0 Å². The van der Waals surface area contributed by atoms with E-state index in [4.69, 9.17) is 32.6 Å². The molecule has 4 N–H and O–H groups in total. The van der Waals surface area contributed by atoms with Gasteiger partial charge in [0.25, 0.3) is 5.69 Å². The van der Waals surface area contributed by atoms with Crippen molar-refractivity contribution in [2.24, 2.45) is 0 Å². The summed E-state index contributed by atoms with van der Waals surface area (Å²) in [4.78, 5) is 24.0. The van der Waals surface area contributed by atoms with Crippen LogP contribution in [0.5, 0.6) is 0 Å². The van der Waals surface area contributed by atoms with Gasteiger partial charge in [0.1, 0.15) is 42.7 Å². The summed E-state index contributed by atoms with van der Waals surface area (Å²) in [5.74, 6) is -1.82. The number of carboxylic acids is 1. The number of nitro benzene ring substituents is 1. The zero-order valence-electron chi connectivity index (χ0n) is 37.3. The van der Waals surface area contributed by atoms with E-state index in [2.05, 4.69) is 0 Å². The Morgan fingerprint density at radius 3 is 1.54 bits per heavy atom. The van der Waals surface area contributed by atoms with Crippen LogP contribution in [0.15, 0.2) is 150 Å². The number of piperidine rings is 1. The number of benzene rings is 5. The van der Waals surface area contributed by atoms with Gasteiger partial charge in [-0.15, -0.1) is 0 Å². The zero-order chi connectivity index (χ0) is 50.8. The van der Waals surface area contributed by atoms with E-state index in [1.165, 1.54) is 0 Å². The number of carboxylic acid groups (broad SMARTS) is 1. The molecule has 2 aliphatic rings. The number of non-ortho nitro benzene ring substituents is 1. The van der Waals surface area contributed by atoms with Crippen molar-refractivity contribution in [2.75, 3.05) is 13.2 Å². The number of nitro groups is 1. The van der Waals surface area contributed by atoms with Crippen LogP contribution in [-0.4, -0.2) is 123 Å². The second kappa shape index (κ2) is 23.7. The largest absolute Gasteiger partial charge is 0.480 e. The number of hydrogen-bond donors (Lipinski definition) is 4. The number of carbonyl (C=O) groups is 1. The molecule has 25 heteroatoms. The molecule has 5 aromatic carbocycles. The predicted octanol–water partition coefficient (Wildman–Crippen LogP) is 4.08. The van der Waals surface area contributed by atoms with Gasteiger partial charge in [0.2, 0.25) is 10.0 Å². The Kier molecular flexibility index (Phi) is 17.8. The van der Waals surface area contributed by atoms with E-state index in [1.807, 2.05) is 4.72 Å². The lowest BCUT2D eigenvalue weighted by molar-refractivity contribution is -0.384. The summed E-state index contributed by atoms with van der Waals surface area (Å²) < 4.78 is 146. The van der Waals surface area contributed by atoms with Crippen LogP contribution in [0.25, 0.3) is 0 Å². The number of hydrogen-bond acceptors (Lipinski definition) is 16. The van der Waals surface area contributed by atoms with Crippen molar-refractivity contribution in [3.63, 3.8) is 0 Å². The van der Waals surface area contributed by atoms with Gasteiger partial charge < -0.3 is 33.5 Å². The molecule has 0 aromatic heterocycles. The Hall–Kier alpha value is -5.62. The summed E-state index contributed by atoms with van der Waals surface area (Å²) in [6.45, 7) is -2.74. The number of nitrogens with zero attached hydrogens (tertiary/aromatic N) is 2. The number of ether oxygens (including phenoxy) is 6. The zero-order valence-corrected chi connectivity index (χ0v) is 39.7. The van der Waals surface area contributed by atoms with Crippen molar-refractivity contribution in [1.82, 2.24) is 9.03 Å². The third kappa shape index (κ3) is 14.5. The van der Waals surface area contributed by atoms with Gasteiger partial charge in [0, 0.05) is 18.7 Å². The number of nitrogens with one attached hydrogen (secondary N) is 1. The maximum atomic E-state index is 14.8. The number of sulfonamides is 1.